The Hall–Kier alpha value is -1.90. The number of carbonyl (C=O) groups excluding carboxylic acids is 1. The van der Waals surface area contributed by atoms with Gasteiger partial charge in [0, 0.05) is 31.4 Å². The van der Waals surface area contributed by atoms with Gasteiger partial charge in [0.1, 0.15) is 0 Å². The second-order valence-electron chi connectivity index (χ2n) is 5.10. The molecule has 2 N–H and O–H groups in total. The summed E-state index contributed by atoms with van der Waals surface area (Å²) in [6.45, 7) is 5.30. The second kappa shape index (κ2) is 7.04. The minimum atomic E-state index is 0.00628. The molecule has 1 aromatic rings. The van der Waals surface area contributed by atoms with Crippen LogP contribution in [0.1, 0.15) is 12.5 Å². The molecule has 0 spiro atoms. The largest absolute Gasteiger partial charge is 0.325 e. The summed E-state index contributed by atoms with van der Waals surface area (Å²) in [7, 11) is 0. The predicted molar refractivity (Wildman–Crippen MR) is 78.3 cm³/mol. The Morgan fingerprint density at radius 2 is 2.25 bits per heavy atom. The van der Waals surface area contributed by atoms with E-state index < -0.39 is 0 Å². The maximum atomic E-state index is 12.0. The fourth-order valence-corrected chi connectivity index (χ4v) is 2.30. The summed E-state index contributed by atoms with van der Waals surface area (Å²) in [6, 6.07) is 9.90. The van der Waals surface area contributed by atoms with Gasteiger partial charge in [0.2, 0.25) is 5.91 Å². The van der Waals surface area contributed by atoms with Crippen molar-refractivity contribution in [2.75, 3.05) is 31.5 Å². The number of nitrogens with zero attached hydrogens (tertiary/aromatic N) is 2. The van der Waals surface area contributed by atoms with Gasteiger partial charge in [-0.15, -0.1) is 0 Å². The Morgan fingerprint density at radius 1 is 1.50 bits per heavy atom. The Balaban J connectivity index is 1.86. The highest BCUT2D eigenvalue weighted by atomic mass is 16.2. The van der Waals surface area contributed by atoms with Gasteiger partial charge >= 0.3 is 0 Å². The molecule has 1 saturated heterocycles. The van der Waals surface area contributed by atoms with Gasteiger partial charge in [-0.05, 0) is 24.6 Å². The lowest BCUT2D eigenvalue weighted by molar-refractivity contribution is -0.118. The first-order chi connectivity index (χ1) is 9.69. The van der Waals surface area contributed by atoms with Crippen molar-refractivity contribution in [3.63, 3.8) is 0 Å². The third-order valence-corrected chi connectivity index (χ3v) is 3.51. The number of hydrogen-bond donors (Lipinski definition) is 2. The normalized spacial score (nSPS) is 19.3. The van der Waals surface area contributed by atoms with Crippen LogP contribution in [0, 0.1) is 11.3 Å². The molecule has 5 heteroatoms. The van der Waals surface area contributed by atoms with Crippen LogP contribution in [-0.4, -0.2) is 43.0 Å². The molecule has 0 radical (unpaired) electrons. The summed E-state index contributed by atoms with van der Waals surface area (Å²) < 4.78 is 0. The van der Waals surface area contributed by atoms with Gasteiger partial charge in [0.15, 0.2) is 0 Å². The van der Waals surface area contributed by atoms with Crippen LogP contribution in [0.3, 0.4) is 0 Å². The highest BCUT2D eigenvalue weighted by Gasteiger charge is 2.20. The molecule has 20 heavy (non-hydrogen) atoms. The van der Waals surface area contributed by atoms with Crippen molar-refractivity contribution < 1.29 is 4.79 Å². The van der Waals surface area contributed by atoms with Gasteiger partial charge in [0.05, 0.1) is 19.0 Å². The summed E-state index contributed by atoms with van der Waals surface area (Å²) in [6.07, 6.45) is 0.395. The number of hydrogen-bond acceptors (Lipinski definition) is 4. The van der Waals surface area contributed by atoms with Crippen molar-refractivity contribution in [3.8, 4) is 6.07 Å². The zero-order valence-electron chi connectivity index (χ0n) is 11.7. The van der Waals surface area contributed by atoms with Crippen LogP contribution in [-0.2, 0) is 11.2 Å². The molecule has 1 unspecified atom stereocenters. The smallest absolute Gasteiger partial charge is 0.238 e. The third-order valence-electron chi connectivity index (χ3n) is 3.51. The summed E-state index contributed by atoms with van der Waals surface area (Å²) in [4.78, 5) is 14.2. The van der Waals surface area contributed by atoms with E-state index in [0.717, 1.165) is 30.9 Å². The standard InChI is InChI=1S/C15H20N4O/c1-12-10-17-8-9-19(12)11-15(20)18-14-4-2-13(3-5-14)6-7-16/h2-5,12,17H,6,8-11H2,1H3,(H,18,20). The zero-order valence-corrected chi connectivity index (χ0v) is 11.7. The lowest BCUT2D eigenvalue weighted by Crippen LogP contribution is -2.51. The summed E-state index contributed by atoms with van der Waals surface area (Å²) >= 11 is 0. The quantitative estimate of drug-likeness (QED) is 0.857. The molecule has 0 bridgehead atoms. The van der Waals surface area contributed by atoms with Crippen molar-refractivity contribution in [2.45, 2.75) is 19.4 Å². The molecule has 1 aliphatic rings. The molecule has 1 atom stereocenters. The maximum absolute atomic E-state index is 12.0. The van der Waals surface area contributed by atoms with Gasteiger partial charge in [0.25, 0.3) is 0 Å². The minimum absolute atomic E-state index is 0.00628. The van der Waals surface area contributed by atoms with E-state index in [2.05, 4.69) is 28.5 Å². The van der Waals surface area contributed by atoms with Gasteiger partial charge < -0.3 is 10.6 Å². The third kappa shape index (κ3) is 4.05. The van der Waals surface area contributed by atoms with Crippen LogP contribution in [0.15, 0.2) is 24.3 Å². The van der Waals surface area contributed by atoms with Crippen molar-refractivity contribution >= 4 is 11.6 Å². The van der Waals surface area contributed by atoms with E-state index >= 15 is 0 Å². The molecule has 2 rings (SSSR count). The Morgan fingerprint density at radius 3 is 2.90 bits per heavy atom. The first kappa shape index (κ1) is 14.5. The van der Waals surface area contributed by atoms with Gasteiger partial charge in [-0.2, -0.15) is 5.26 Å². The van der Waals surface area contributed by atoms with Crippen LogP contribution in [0.4, 0.5) is 5.69 Å². The number of amides is 1. The topological polar surface area (TPSA) is 68.2 Å². The van der Waals surface area contributed by atoms with Crippen LogP contribution in [0.2, 0.25) is 0 Å². The van der Waals surface area contributed by atoms with Gasteiger partial charge in [-0.3, -0.25) is 9.69 Å². The van der Waals surface area contributed by atoms with Crippen molar-refractivity contribution in [2.24, 2.45) is 0 Å². The van der Waals surface area contributed by atoms with Crippen molar-refractivity contribution in [3.05, 3.63) is 29.8 Å². The second-order valence-corrected chi connectivity index (χ2v) is 5.10. The molecule has 5 nitrogen and oxygen atoms in total. The van der Waals surface area contributed by atoms with E-state index in [-0.39, 0.29) is 5.91 Å². The lowest BCUT2D eigenvalue weighted by Gasteiger charge is -2.33. The van der Waals surface area contributed by atoms with Crippen LogP contribution in [0.25, 0.3) is 0 Å². The molecule has 0 aliphatic carbocycles. The average molecular weight is 272 g/mol. The molecule has 1 heterocycles. The minimum Gasteiger partial charge on any atom is -0.325 e. The Labute approximate surface area is 119 Å². The van der Waals surface area contributed by atoms with Gasteiger partial charge in [-0.1, -0.05) is 12.1 Å². The first-order valence-electron chi connectivity index (χ1n) is 6.89. The van der Waals surface area contributed by atoms with Gasteiger partial charge in [-0.25, -0.2) is 0 Å². The fourth-order valence-electron chi connectivity index (χ4n) is 2.30. The number of nitriles is 1. The van der Waals surface area contributed by atoms with Crippen LogP contribution < -0.4 is 10.6 Å². The van der Waals surface area contributed by atoms with E-state index in [1.54, 1.807) is 0 Å². The van der Waals surface area contributed by atoms with Crippen LogP contribution >= 0.6 is 0 Å². The van der Waals surface area contributed by atoms with Crippen molar-refractivity contribution in [1.82, 2.24) is 10.2 Å². The highest BCUT2D eigenvalue weighted by molar-refractivity contribution is 5.92. The van der Waals surface area contributed by atoms with E-state index in [1.807, 2.05) is 24.3 Å². The Bertz CT molecular complexity index is 492. The molecule has 1 amide bonds. The predicted octanol–water partition coefficient (Wildman–Crippen LogP) is 0.985. The SMILES string of the molecule is CC1CNCCN1CC(=O)Nc1ccc(CC#N)cc1. The molecular weight excluding hydrogens is 252 g/mol. The summed E-state index contributed by atoms with van der Waals surface area (Å²) in [5.41, 5.74) is 1.74. The maximum Gasteiger partial charge on any atom is 0.238 e. The number of benzene rings is 1. The van der Waals surface area contributed by atoms with E-state index in [0.29, 0.717) is 19.0 Å². The lowest BCUT2D eigenvalue weighted by atomic mass is 10.1. The number of anilines is 1. The van der Waals surface area contributed by atoms with E-state index in [1.165, 1.54) is 0 Å². The zero-order chi connectivity index (χ0) is 14.4. The number of rotatable bonds is 4. The van der Waals surface area contributed by atoms with Crippen molar-refractivity contribution in [1.29, 1.82) is 5.26 Å². The molecule has 0 saturated carbocycles. The van der Waals surface area contributed by atoms with E-state index in [9.17, 15) is 4.79 Å². The average Bonchev–Trinajstić information content (AvgIpc) is 2.44. The number of piperazine rings is 1. The fraction of sp³-hybridized carbons (Fsp3) is 0.467. The molecule has 0 aromatic heterocycles. The summed E-state index contributed by atoms with van der Waals surface area (Å²) in [5, 5.41) is 14.8. The number of nitrogens with one attached hydrogen (secondary N) is 2. The summed E-state index contributed by atoms with van der Waals surface area (Å²) in [5.74, 6) is 0.00628. The molecular formula is C15H20N4O. The Kier molecular flexibility index (Phi) is 5.10. The van der Waals surface area contributed by atoms with Crippen LogP contribution in [0.5, 0.6) is 0 Å². The number of carbonyl (C=O) groups is 1. The molecule has 106 valence electrons. The first-order valence-corrected chi connectivity index (χ1v) is 6.89. The molecule has 1 fully saturated rings. The monoisotopic (exact) mass is 272 g/mol. The molecule has 1 aromatic carbocycles. The molecule has 1 aliphatic heterocycles. The van der Waals surface area contributed by atoms with E-state index in [4.69, 9.17) is 5.26 Å². The highest BCUT2D eigenvalue weighted by Crippen LogP contribution is 2.10.